The van der Waals surface area contributed by atoms with Crippen LogP contribution >= 0.6 is 0 Å². The number of aliphatic carboxylic acids is 2. The standard InChI is InChI=1S/C46H68O11/c1-6-7-8-10-14-18-29(24-28(30-26-35(49)56-40(30)50)17-13-11-9-12-15-19-34(47)48)55-39-36(27(2)3)31-25-33-44(4)21-16-22-45(5,43(53)54)32(44)20-23-46(33,39)38-37(31)41(51)57-42(38)52/h14,18,27-33,36-39H,6-13,15-17,19-26H2,1-5H3,(H,47,48)(H,53,54). The van der Waals surface area contributed by atoms with Crippen molar-refractivity contribution >= 4 is 35.8 Å². The van der Waals surface area contributed by atoms with Crippen molar-refractivity contribution in [1.82, 2.24) is 0 Å². The lowest BCUT2D eigenvalue weighted by Crippen LogP contribution is -2.73. The molecule has 2 N–H and O–H groups in total. The topological polar surface area (TPSA) is 171 Å². The van der Waals surface area contributed by atoms with Crippen LogP contribution in [0.15, 0.2) is 12.2 Å². The Morgan fingerprint density at radius 1 is 0.895 bits per heavy atom. The molecule has 0 aromatic heterocycles. The predicted octanol–water partition coefficient (Wildman–Crippen LogP) is 8.70. The molecule has 1 spiro atoms. The molecule has 7 rings (SSSR count). The van der Waals surface area contributed by atoms with Crippen molar-refractivity contribution < 1.29 is 53.2 Å². The van der Waals surface area contributed by atoms with Gasteiger partial charge < -0.3 is 24.4 Å². The van der Waals surface area contributed by atoms with E-state index in [1.54, 1.807) is 0 Å². The maximum Gasteiger partial charge on any atom is 0.318 e. The zero-order valence-corrected chi connectivity index (χ0v) is 35.0. The molecule has 0 aromatic rings. The molecule has 11 heteroatoms. The number of carboxylic acid groups (broad SMARTS) is 2. The second kappa shape index (κ2) is 17.6. The molecule has 13 unspecified atom stereocenters. The van der Waals surface area contributed by atoms with E-state index in [-0.39, 0.29) is 53.8 Å². The van der Waals surface area contributed by atoms with E-state index in [2.05, 4.69) is 39.8 Å². The minimum absolute atomic E-state index is 0.0287. The van der Waals surface area contributed by atoms with E-state index in [0.29, 0.717) is 38.5 Å². The fraction of sp³-hybridized carbons (Fsp3) is 0.826. The van der Waals surface area contributed by atoms with Crippen LogP contribution in [0, 0.1) is 69.5 Å². The summed E-state index contributed by atoms with van der Waals surface area (Å²) in [7, 11) is 0. The van der Waals surface area contributed by atoms with Gasteiger partial charge in [0.25, 0.3) is 0 Å². The Morgan fingerprint density at radius 2 is 1.63 bits per heavy atom. The third-order valence-corrected chi connectivity index (χ3v) is 16.2. The summed E-state index contributed by atoms with van der Waals surface area (Å²) in [6.07, 6.45) is 17.1. The van der Waals surface area contributed by atoms with Crippen LogP contribution < -0.4 is 0 Å². The number of fused-ring (bicyclic) bond motifs is 2. The highest BCUT2D eigenvalue weighted by molar-refractivity contribution is 5.98. The van der Waals surface area contributed by atoms with Gasteiger partial charge in [0.1, 0.15) is 0 Å². The molecule has 2 heterocycles. The number of carboxylic acids is 2. The molecule has 13 atom stereocenters. The van der Waals surface area contributed by atoms with Gasteiger partial charge in [0, 0.05) is 11.8 Å². The number of allylic oxidation sites excluding steroid dienone is 1. The zero-order chi connectivity index (χ0) is 41.3. The molecule has 7 fully saturated rings. The summed E-state index contributed by atoms with van der Waals surface area (Å²) in [6, 6.07) is 0. The average Bonchev–Trinajstić information content (AvgIpc) is 3.66. The van der Waals surface area contributed by atoms with Crippen LogP contribution in [0.4, 0.5) is 0 Å². The monoisotopic (exact) mass is 796 g/mol. The van der Waals surface area contributed by atoms with E-state index in [1.165, 1.54) is 0 Å². The normalized spacial score (nSPS) is 38.1. The van der Waals surface area contributed by atoms with Gasteiger partial charge in [0.05, 0.1) is 41.8 Å². The Morgan fingerprint density at radius 3 is 2.30 bits per heavy atom. The molecule has 2 aliphatic heterocycles. The van der Waals surface area contributed by atoms with E-state index < -0.39 is 76.6 Å². The number of esters is 4. The predicted molar refractivity (Wildman–Crippen MR) is 210 cm³/mol. The third kappa shape index (κ3) is 8.13. The van der Waals surface area contributed by atoms with Crippen LogP contribution in [0.1, 0.15) is 157 Å². The number of carbonyl (C=O) groups is 6. The fourth-order valence-corrected chi connectivity index (χ4v) is 13.7. The number of ether oxygens (including phenoxy) is 3. The maximum atomic E-state index is 14.1. The molecule has 318 valence electrons. The largest absolute Gasteiger partial charge is 0.481 e. The summed E-state index contributed by atoms with van der Waals surface area (Å²) < 4.78 is 18.3. The van der Waals surface area contributed by atoms with Crippen LogP contribution in [0.2, 0.25) is 0 Å². The van der Waals surface area contributed by atoms with Gasteiger partial charge in [-0.25, -0.2) is 0 Å². The maximum absolute atomic E-state index is 14.1. The molecular formula is C46H68O11. The first-order valence-electron chi connectivity index (χ1n) is 22.4. The van der Waals surface area contributed by atoms with Crippen molar-refractivity contribution in [2.75, 3.05) is 0 Å². The first-order chi connectivity index (χ1) is 27.1. The summed E-state index contributed by atoms with van der Waals surface area (Å²) in [4.78, 5) is 77.4. The number of hydrogen-bond acceptors (Lipinski definition) is 9. The summed E-state index contributed by atoms with van der Waals surface area (Å²) in [5.41, 5.74) is -2.00. The van der Waals surface area contributed by atoms with E-state index >= 15 is 0 Å². The van der Waals surface area contributed by atoms with Crippen molar-refractivity contribution in [2.24, 2.45) is 69.5 Å². The Balaban J connectivity index is 1.36. The minimum Gasteiger partial charge on any atom is -0.481 e. The Bertz CT molecular complexity index is 1570. The van der Waals surface area contributed by atoms with Crippen molar-refractivity contribution in [2.45, 2.75) is 169 Å². The number of carbonyl (C=O) groups excluding carboxylic acids is 4. The van der Waals surface area contributed by atoms with Crippen LogP contribution in [0.25, 0.3) is 0 Å². The molecule has 0 amide bonds. The summed E-state index contributed by atoms with van der Waals surface area (Å²) >= 11 is 0. The summed E-state index contributed by atoms with van der Waals surface area (Å²) in [5.74, 6) is -5.64. The van der Waals surface area contributed by atoms with Gasteiger partial charge in [-0.05, 0) is 112 Å². The fourth-order valence-electron chi connectivity index (χ4n) is 13.7. The second-order valence-corrected chi connectivity index (χ2v) is 19.6. The number of cyclic esters (lactones) is 4. The SMILES string of the molecule is CCCCCC=CC(CC(CCCCCCCC(=O)O)C1CC(=O)OC1=O)OC1C(C(C)C)C2CC3C4(C)CCCC(C)(C(=O)O)C4CCC13C1C(=O)OC(=O)C21. The molecule has 57 heavy (non-hydrogen) atoms. The first kappa shape index (κ1) is 43.5. The van der Waals surface area contributed by atoms with Gasteiger partial charge in [-0.15, -0.1) is 0 Å². The highest BCUT2D eigenvalue weighted by Crippen LogP contribution is 2.76. The van der Waals surface area contributed by atoms with Gasteiger partial charge in [-0.1, -0.05) is 84.8 Å². The van der Waals surface area contributed by atoms with E-state index in [9.17, 15) is 33.9 Å². The third-order valence-electron chi connectivity index (χ3n) is 16.2. The van der Waals surface area contributed by atoms with Gasteiger partial charge in [0.15, 0.2) is 0 Å². The van der Waals surface area contributed by atoms with E-state index in [4.69, 9.17) is 19.3 Å². The smallest absolute Gasteiger partial charge is 0.318 e. The molecular weight excluding hydrogens is 728 g/mol. The lowest BCUT2D eigenvalue weighted by atomic mass is 9.31. The highest BCUT2D eigenvalue weighted by Gasteiger charge is 2.78. The van der Waals surface area contributed by atoms with Gasteiger partial charge in [-0.3, -0.25) is 28.8 Å². The number of hydrogen-bond donors (Lipinski definition) is 2. The van der Waals surface area contributed by atoms with Crippen molar-refractivity contribution in [1.29, 1.82) is 0 Å². The Kier molecular flexibility index (Phi) is 13.5. The lowest BCUT2D eigenvalue weighted by molar-refractivity contribution is -0.293. The molecule has 2 saturated heterocycles. The number of rotatable bonds is 20. The average molecular weight is 797 g/mol. The van der Waals surface area contributed by atoms with Crippen molar-refractivity contribution in [3.05, 3.63) is 12.2 Å². The van der Waals surface area contributed by atoms with Crippen LogP contribution in [0.5, 0.6) is 0 Å². The van der Waals surface area contributed by atoms with Crippen molar-refractivity contribution in [3.8, 4) is 0 Å². The van der Waals surface area contributed by atoms with Crippen LogP contribution in [-0.4, -0.2) is 58.2 Å². The Labute approximate surface area is 338 Å². The summed E-state index contributed by atoms with van der Waals surface area (Å²) in [6.45, 7) is 10.7. The molecule has 5 saturated carbocycles. The molecule has 7 aliphatic rings. The van der Waals surface area contributed by atoms with Gasteiger partial charge >= 0.3 is 35.8 Å². The van der Waals surface area contributed by atoms with Gasteiger partial charge in [-0.2, -0.15) is 0 Å². The van der Waals surface area contributed by atoms with Crippen LogP contribution in [-0.2, 0) is 43.0 Å². The van der Waals surface area contributed by atoms with Gasteiger partial charge in [0.2, 0.25) is 0 Å². The summed E-state index contributed by atoms with van der Waals surface area (Å²) in [5, 5.41) is 19.7. The van der Waals surface area contributed by atoms with E-state index in [1.807, 2.05) is 6.92 Å². The molecule has 0 aromatic carbocycles. The molecule has 5 aliphatic carbocycles. The molecule has 11 nitrogen and oxygen atoms in total. The van der Waals surface area contributed by atoms with E-state index in [0.717, 1.165) is 70.6 Å². The number of unbranched alkanes of at least 4 members (excludes halogenated alkanes) is 7. The van der Waals surface area contributed by atoms with Crippen molar-refractivity contribution in [3.63, 3.8) is 0 Å². The quantitative estimate of drug-likeness (QED) is 0.0523. The zero-order valence-electron chi connectivity index (χ0n) is 35.0. The van der Waals surface area contributed by atoms with Crippen LogP contribution in [0.3, 0.4) is 0 Å². The highest BCUT2D eigenvalue weighted by atomic mass is 16.6. The molecule has 2 bridgehead atoms. The first-order valence-corrected chi connectivity index (χ1v) is 22.4. The second-order valence-electron chi connectivity index (χ2n) is 19.6. The lowest BCUT2D eigenvalue weighted by Gasteiger charge is -2.72. The molecule has 0 radical (unpaired) electrons. The minimum atomic E-state index is -0.884. The Hall–Kier alpha value is -3.08.